The number of carbonyl (C=O) groups excluding carboxylic acids is 2. The average Bonchev–Trinajstić information content (AvgIpc) is 2.71. The lowest BCUT2D eigenvalue weighted by molar-refractivity contribution is -0.218. The molecule has 4 aliphatic carbocycles. The zero-order chi connectivity index (χ0) is 24.5. The molecule has 0 spiro atoms. The van der Waals surface area contributed by atoms with Crippen LogP contribution in [0.5, 0.6) is 11.5 Å². The van der Waals surface area contributed by atoms with Crippen LogP contribution in [0.3, 0.4) is 0 Å². The lowest BCUT2D eigenvalue weighted by Crippen LogP contribution is -2.61. The van der Waals surface area contributed by atoms with Gasteiger partial charge in [-0.2, -0.15) is 17.2 Å². The number of aromatic hydroxyl groups is 1. The van der Waals surface area contributed by atoms with E-state index in [4.69, 9.17) is 14.0 Å². The molecule has 4 saturated carbocycles. The fourth-order valence-electron chi connectivity index (χ4n) is 6.39. The van der Waals surface area contributed by atoms with Crippen LogP contribution in [0.2, 0.25) is 0 Å². The molecule has 8 nitrogen and oxygen atoms in total. The minimum Gasteiger partial charge on any atom is -0.508 e. The van der Waals surface area contributed by atoms with Gasteiger partial charge in [-0.05, 0) is 79.0 Å². The van der Waals surface area contributed by atoms with Crippen molar-refractivity contribution in [3.05, 3.63) is 36.4 Å². The van der Waals surface area contributed by atoms with Gasteiger partial charge in [-0.15, -0.1) is 0 Å². The maximum atomic E-state index is 13.9. The van der Waals surface area contributed by atoms with Crippen LogP contribution < -0.4 is 4.74 Å². The summed E-state index contributed by atoms with van der Waals surface area (Å²) in [5.74, 6) is -2.74. The molecule has 0 heterocycles. The summed E-state index contributed by atoms with van der Waals surface area (Å²) in [6.45, 7) is 0. The van der Waals surface area contributed by atoms with Gasteiger partial charge in [0, 0.05) is 6.42 Å². The predicted octanol–water partition coefficient (Wildman–Crippen LogP) is 3.81. The number of ether oxygens (including phenoxy) is 2. The number of halogens is 2. The molecule has 0 aliphatic heterocycles. The third kappa shape index (κ3) is 3.70. The third-order valence-corrected chi connectivity index (χ3v) is 8.13. The third-order valence-electron chi connectivity index (χ3n) is 7.32. The van der Waals surface area contributed by atoms with Crippen molar-refractivity contribution >= 4 is 32.8 Å². The molecule has 6 rings (SSSR count). The molecular weight excluding hydrogens is 474 g/mol. The van der Waals surface area contributed by atoms with Gasteiger partial charge in [0.2, 0.25) is 0 Å². The molecule has 2 aromatic carbocycles. The Labute approximate surface area is 193 Å². The molecule has 2 N–H and O–H groups in total. The van der Waals surface area contributed by atoms with Crippen LogP contribution in [0.1, 0.15) is 38.5 Å². The summed E-state index contributed by atoms with van der Waals surface area (Å²) >= 11 is 0. The van der Waals surface area contributed by atoms with E-state index in [9.17, 15) is 31.9 Å². The van der Waals surface area contributed by atoms with Crippen LogP contribution in [-0.4, -0.2) is 40.9 Å². The zero-order valence-corrected chi connectivity index (χ0v) is 18.7. The fraction of sp³-hybridized carbons (Fsp3) is 0.478. The molecule has 2 aromatic rings. The molecule has 11 heteroatoms. The Morgan fingerprint density at radius 3 is 2.29 bits per heavy atom. The van der Waals surface area contributed by atoms with Crippen molar-refractivity contribution in [2.24, 2.45) is 17.3 Å². The Balaban J connectivity index is 1.40. The number of hydrogen-bond donors (Lipinski definition) is 2. The Hall–Kier alpha value is -2.79. The van der Waals surface area contributed by atoms with Crippen molar-refractivity contribution in [1.29, 1.82) is 0 Å². The first-order chi connectivity index (χ1) is 15.8. The highest BCUT2D eigenvalue weighted by atomic mass is 32.2. The number of benzene rings is 2. The summed E-state index contributed by atoms with van der Waals surface area (Å²) in [6.07, 6.45) is 2.06. The van der Waals surface area contributed by atoms with Crippen LogP contribution in [0.25, 0.3) is 10.8 Å². The van der Waals surface area contributed by atoms with Crippen LogP contribution >= 0.6 is 0 Å². The molecule has 4 aliphatic rings. The number of esters is 2. The fourth-order valence-corrected chi connectivity index (χ4v) is 6.64. The lowest BCUT2D eigenvalue weighted by Gasteiger charge is -2.59. The van der Waals surface area contributed by atoms with Crippen molar-refractivity contribution in [1.82, 2.24) is 0 Å². The average molecular weight is 496 g/mol. The number of phenolic OH excluding ortho intramolecular Hbond substituents is 1. The molecule has 2 unspecified atom stereocenters. The van der Waals surface area contributed by atoms with Crippen LogP contribution in [0.4, 0.5) is 8.78 Å². The highest BCUT2D eigenvalue weighted by molar-refractivity contribution is 7.87. The van der Waals surface area contributed by atoms with Crippen molar-refractivity contribution in [2.75, 3.05) is 0 Å². The van der Waals surface area contributed by atoms with Crippen molar-refractivity contribution < 1.29 is 45.9 Å². The maximum Gasteiger partial charge on any atom is 0.465 e. The number of rotatable bonds is 5. The van der Waals surface area contributed by atoms with E-state index in [-0.39, 0.29) is 42.6 Å². The SMILES string of the molecule is O=C(Oc1ccc2ccc(O)cc2c1)C12CC3CC(CC(OC(=O)C(F)(F)S(=O)(=O)O)(C3)C1)C2. The van der Waals surface area contributed by atoms with Gasteiger partial charge >= 0.3 is 27.3 Å². The number of carbonyl (C=O) groups is 2. The summed E-state index contributed by atoms with van der Waals surface area (Å²) in [5.41, 5.74) is -2.49. The Bertz CT molecular complexity index is 1290. The first-order valence-corrected chi connectivity index (χ1v) is 12.3. The zero-order valence-electron chi connectivity index (χ0n) is 17.9. The normalized spacial score (nSPS) is 30.3. The number of phenols is 1. The van der Waals surface area contributed by atoms with Crippen molar-refractivity contribution in [2.45, 2.75) is 49.4 Å². The number of hydrogen-bond acceptors (Lipinski definition) is 7. The van der Waals surface area contributed by atoms with Gasteiger partial charge in [-0.3, -0.25) is 9.35 Å². The molecule has 2 atom stereocenters. The van der Waals surface area contributed by atoms with Crippen molar-refractivity contribution in [3.8, 4) is 11.5 Å². The smallest absolute Gasteiger partial charge is 0.465 e. The molecule has 0 saturated heterocycles. The second-order valence-corrected chi connectivity index (χ2v) is 11.4. The topological polar surface area (TPSA) is 127 Å². The lowest BCUT2D eigenvalue weighted by atomic mass is 9.48. The second-order valence-electron chi connectivity index (χ2n) is 9.89. The standard InChI is InChI=1S/C23H22F2O8S/c24-23(25,34(29,30)31)20(28)33-22-10-13-5-14(11-22)9-21(8-13,12-22)19(27)32-18-4-2-15-1-3-17(26)6-16(15)7-18/h1-4,6-7,13-14,26H,5,8-12H2,(H,29,30,31). The van der Waals surface area contributed by atoms with Crippen LogP contribution in [-0.2, 0) is 24.4 Å². The molecular formula is C23H22F2O8S. The Kier molecular flexibility index (Phi) is 4.97. The first-order valence-electron chi connectivity index (χ1n) is 10.8. The highest BCUT2D eigenvalue weighted by Crippen LogP contribution is 2.63. The molecule has 4 bridgehead atoms. The van der Waals surface area contributed by atoms with E-state index in [1.807, 2.05) is 0 Å². The highest BCUT2D eigenvalue weighted by Gasteiger charge is 2.65. The Morgan fingerprint density at radius 2 is 1.65 bits per heavy atom. The van der Waals surface area contributed by atoms with E-state index in [2.05, 4.69) is 0 Å². The Morgan fingerprint density at radius 1 is 1.00 bits per heavy atom. The van der Waals surface area contributed by atoms with Crippen LogP contribution in [0.15, 0.2) is 36.4 Å². The maximum absolute atomic E-state index is 13.9. The predicted molar refractivity (Wildman–Crippen MR) is 114 cm³/mol. The number of alkyl halides is 2. The monoisotopic (exact) mass is 496 g/mol. The number of fused-ring (bicyclic) bond motifs is 1. The van der Waals surface area contributed by atoms with Crippen molar-refractivity contribution in [3.63, 3.8) is 0 Å². The minimum absolute atomic E-state index is 0.0579. The first kappa shape index (κ1) is 23.0. The van der Waals surface area contributed by atoms with E-state index < -0.39 is 38.3 Å². The molecule has 0 amide bonds. The molecule has 0 radical (unpaired) electrons. The summed E-state index contributed by atoms with van der Waals surface area (Å²) in [5, 5.41) is 6.10. The van der Waals surface area contributed by atoms with Gasteiger partial charge in [0.25, 0.3) is 0 Å². The van der Waals surface area contributed by atoms with E-state index in [1.165, 1.54) is 12.1 Å². The van der Waals surface area contributed by atoms with E-state index >= 15 is 0 Å². The summed E-state index contributed by atoms with van der Waals surface area (Å²) < 4.78 is 69.2. The van der Waals surface area contributed by atoms with Crippen LogP contribution in [0, 0.1) is 17.3 Å². The summed E-state index contributed by atoms with van der Waals surface area (Å²) in [4.78, 5) is 25.4. The summed E-state index contributed by atoms with van der Waals surface area (Å²) in [6, 6.07) is 9.74. The molecule has 34 heavy (non-hydrogen) atoms. The van der Waals surface area contributed by atoms with Gasteiger partial charge in [-0.1, -0.05) is 12.1 Å². The molecule has 182 valence electrons. The van der Waals surface area contributed by atoms with E-state index in [1.54, 1.807) is 24.3 Å². The van der Waals surface area contributed by atoms with Gasteiger partial charge < -0.3 is 14.6 Å². The van der Waals surface area contributed by atoms with Gasteiger partial charge in [-0.25, -0.2) is 4.79 Å². The van der Waals surface area contributed by atoms with E-state index in [0.717, 1.165) is 11.8 Å². The molecule has 0 aromatic heterocycles. The summed E-state index contributed by atoms with van der Waals surface area (Å²) in [7, 11) is -6.00. The quantitative estimate of drug-likeness (QED) is 0.363. The van der Waals surface area contributed by atoms with Gasteiger partial charge in [0.15, 0.2) is 0 Å². The molecule has 4 fully saturated rings. The van der Waals surface area contributed by atoms with Gasteiger partial charge in [0.05, 0.1) is 5.41 Å². The minimum atomic E-state index is -6.00. The largest absolute Gasteiger partial charge is 0.508 e. The second kappa shape index (κ2) is 7.35. The van der Waals surface area contributed by atoms with Gasteiger partial charge in [0.1, 0.15) is 17.1 Å². The van der Waals surface area contributed by atoms with E-state index in [0.29, 0.717) is 18.2 Å².